The molecule has 1 unspecified atom stereocenters. The van der Waals surface area contributed by atoms with Crippen LogP contribution < -0.4 is 0 Å². The number of phosphoric ester groups is 1. The molecule has 0 rings (SSSR count). The highest BCUT2D eigenvalue weighted by atomic mass is 31.2. The minimum atomic E-state index is -4.90. The van der Waals surface area contributed by atoms with Gasteiger partial charge in [0.2, 0.25) is 5.60 Å². The molecule has 0 radical (unpaired) electrons. The van der Waals surface area contributed by atoms with Crippen molar-refractivity contribution in [2.24, 2.45) is 0 Å². The monoisotopic (exact) mass is 510 g/mol. The van der Waals surface area contributed by atoms with Gasteiger partial charge in [0.1, 0.15) is 12.6 Å². The van der Waals surface area contributed by atoms with Crippen LogP contribution in [0.25, 0.3) is 0 Å². The Morgan fingerprint density at radius 2 is 1.32 bits per heavy atom. The van der Waals surface area contributed by atoms with E-state index in [-0.39, 0.29) is 23.9 Å². The van der Waals surface area contributed by atoms with Crippen LogP contribution in [0.4, 0.5) is 0 Å². The molecule has 0 aromatic heterocycles. The van der Waals surface area contributed by atoms with Crippen LogP contribution in [-0.2, 0) is 23.2 Å². The molecule has 0 saturated heterocycles. The standard InChI is InChI=1S/C24H48NO8P/c1-6-8-10-12-14-16-22(28)24(20-25(3,4)5,23(29)17-15-13-11-9-7-2)33-34(30,31)32-19-21(27)18-26/h21,26-27H,6-20H2,1-5H3/p+1/t21-/m1/s1. The predicted molar refractivity (Wildman–Crippen MR) is 132 cm³/mol. The van der Waals surface area contributed by atoms with E-state index in [1.165, 1.54) is 0 Å². The largest absolute Gasteiger partial charge is 0.473 e. The first-order chi connectivity index (χ1) is 15.8. The summed E-state index contributed by atoms with van der Waals surface area (Å²) in [5, 5.41) is 18.5. The second kappa shape index (κ2) is 16.9. The number of quaternary nitrogens is 1. The molecular formula is C24H49NO8P+. The summed E-state index contributed by atoms with van der Waals surface area (Å²) in [6.45, 7) is 2.73. The molecule has 0 aromatic carbocycles. The Morgan fingerprint density at radius 1 is 0.882 bits per heavy atom. The van der Waals surface area contributed by atoms with Gasteiger partial charge in [-0.1, -0.05) is 65.2 Å². The normalized spacial score (nSPS) is 15.2. The summed E-state index contributed by atoms with van der Waals surface area (Å²) in [5.74, 6) is -1.03. The molecule has 0 amide bonds. The molecule has 0 aliphatic carbocycles. The molecular weight excluding hydrogens is 461 g/mol. The van der Waals surface area contributed by atoms with Gasteiger partial charge in [-0.2, -0.15) is 0 Å². The maximum absolute atomic E-state index is 13.5. The second-order valence-corrected chi connectivity index (χ2v) is 11.5. The van der Waals surface area contributed by atoms with Gasteiger partial charge in [-0.3, -0.25) is 18.6 Å². The number of carbonyl (C=O) groups is 2. The molecule has 0 heterocycles. The zero-order valence-electron chi connectivity index (χ0n) is 22.0. The lowest BCUT2D eigenvalue weighted by Gasteiger charge is -2.37. The fourth-order valence-electron chi connectivity index (χ4n) is 3.77. The molecule has 9 nitrogen and oxygen atoms in total. The summed E-state index contributed by atoms with van der Waals surface area (Å²) in [6.07, 6.45) is 7.66. The third kappa shape index (κ3) is 14.0. The number of Topliss-reactive ketones (excluding diaryl/α,β-unsaturated/α-hetero) is 2. The Hall–Kier alpha value is -0.670. The van der Waals surface area contributed by atoms with E-state index in [0.717, 1.165) is 51.4 Å². The number of ketones is 2. The molecule has 202 valence electrons. The minimum absolute atomic E-state index is 0.0601. The van der Waals surface area contributed by atoms with Crippen LogP contribution in [0.3, 0.4) is 0 Å². The Morgan fingerprint density at radius 3 is 1.71 bits per heavy atom. The number of phosphoric acid groups is 1. The van der Waals surface area contributed by atoms with Crippen LogP contribution in [0.2, 0.25) is 0 Å². The number of carbonyl (C=O) groups excluding carboxylic acids is 2. The number of hydrogen-bond acceptors (Lipinski definition) is 7. The lowest BCUT2D eigenvalue weighted by atomic mass is 9.86. The molecule has 0 bridgehead atoms. The molecule has 0 aromatic rings. The summed E-state index contributed by atoms with van der Waals surface area (Å²) in [4.78, 5) is 37.4. The number of rotatable bonds is 22. The van der Waals surface area contributed by atoms with E-state index < -0.39 is 44.3 Å². The first kappa shape index (κ1) is 33.3. The quantitative estimate of drug-likeness (QED) is 0.0868. The SMILES string of the molecule is CCCCCCCC(=O)C(C[N+](C)(C)C)(OP(=O)(O)OC[C@H](O)CO)C(=O)CCCCCCC. The fraction of sp³-hybridized carbons (Fsp3) is 0.917. The molecule has 0 fully saturated rings. The summed E-state index contributed by atoms with van der Waals surface area (Å²) >= 11 is 0. The predicted octanol–water partition coefficient (Wildman–Crippen LogP) is 3.78. The second-order valence-electron chi connectivity index (χ2n) is 10.1. The van der Waals surface area contributed by atoms with Crippen molar-refractivity contribution in [3.8, 4) is 0 Å². The maximum Gasteiger partial charge on any atom is 0.473 e. The highest BCUT2D eigenvalue weighted by molar-refractivity contribution is 7.47. The highest BCUT2D eigenvalue weighted by Gasteiger charge is 2.54. The van der Waals surface area contributed by atoms with Gasteiger partial charge in [-0.05, 0) is 12.8 Å². The van der Waals surface area contributed by atoms with E-state index in [2.05, 4.69) is 13.8 Å². The highest BCUT2D eigenvalue weighted by Crippen LogP contribution is 2.49. The Balaban J connectivity index is 5.84. The molecule has 10 heteroatoms. The van der Waals surface area contributed by atoms with Gasteiger partial charge in [0.15, 0.2) is 11.6 Å². The molecule has 2 atom stereocenters. The Bertz CT molecular complexity index is 609. The number of likely N-dealkylation sites (N-methyl/N-ethyl adjacent to an activating group) is 1. The van der Waals surface area contributed by atoms with Gasteiger partial charge in [-0.25, -0.2) is 4.57 Å². The van der Waals surface area contributed by atoms with Crippen molar-refractivity contribution in [1.29, 1.82) is 0 Å². The van der Waals surface area contributed by atoms with Crippen LogP contribution in [-0.4, -0.2) is 83.8 Å². The fourth-order valence-corrected chi connectivity index (χ4v) is 4.84. The van der Waals surface area contributed by atoms with Crippen molar-refractivity contribution in [2.75, 3.05) is 40.9 Å². The average molecular weight is 511 g/mol. The third-order valence-corrected chi connectivity index (χ3v) is 6.54. The lowest BCUT2D eigenvalue weighted by Crippen LogP contribution is -2.59. The summed E-state index contributed by atoms with van der Waals surface area (Å²) in [5.41, 5.74) is -2.12. The molecule has 0 aliphatic heterocycles. The van der Waals surface area contributed by atoms with Crippen LogP contribution >= 0.6 is 7.82 Å². The van der Waals surface area contributed by atoms with E-state index in [9.17, 15) is 24.2 Å². The molecule has 3 N–H and O–H groups in total. The van der Waals surface area contributed by atoms with Gasteiger partial charge in [0.25, 0.3) is 0 Å². The Labute approximate surface area is 206 Å². The Kier molecular flexibility index (Phi) is 16.6. The van der Waals surface area contributed by atoms with Crippen molar-refractivity contribution < 1.29 is 42.8 Å². The van der Waals surface area contributed by atoms with Gasteiger partial charge in [0, 0.05) is 12.8 Å². The topological polar surface area (TPSA) is 130 Å². The molecule has 0 saturated carbocycles. The van der Waals surface area contributed by atoms with Crippen molar-refractivity contribution in [3.63, 3.8) is 0 Å². The van der Waals surface area contributed by atoms with Crippen molar-refractivity contribution >= 4 is 19.4 Å². The van der Waals surface area contributed by atoms with Crippen LogP contribution in [0.5, 0.6) is 0 Å². The maximum atomic E-state index is 13.5. The number of nitrogens with zero attached hydrogens (tertiary/aromatic N) is 1. The zero-order valence-corrected chi connectivity index (χ0v) is 22.9. The van der Waals surface area contributed by atoms with Crippen molar-refractivity contribution in [3.05, 3.63) is 0 Å². The summed E-state index contributed by atoms with van der Waals surface area (Å²) in [7, 11) is 0.436. The van der Waals surface area contributed by atoms with Gasteiger partial charge < -0.3 is 19.6 Å². The number of hydrogen-bond donors (Lipinski definition) is 3. The number of aliphatic hydroxyl groups excluding tert-OH is 2. The van der Waals surface area contributed by atoms with E-state index in [4.69, 9.17) is 14.2 Å². The minimum Gasteiger partial charge on any atom is -0.394 e. The molecule has 0 aliphatic rings. The zero-order chi connectivity index (χ0) is 26.3. The van der Waals surface area contributed by atoms with E-state index in [1.54, 1.807) is 21.1 Å². The van der Waals surface area contributed by atoms with E-state index >= 15 is 0 Å². The smallest absolute Gasteiger partial charge is 0.394 e. The average Bonchev–Trinajstić information content (AvgIpc) is 2.75. The van der Waals surface area contributed by atoms with Crippen LogP contribution in [0.15, 0.2) is 0 Å². The van der Waals surface area contributed by atoms with Gasteiger partial charge in [-0.15, -0.1) is 0 Å². The first-order valence-electron chi connectivity index (χ1n) is 12.7. The van der Waals surface area contributed by atoms with Crippen LogP contribution in [0.1, 0.15) is 90.9 Å². The number of aliphatic hydroxyl groups is 2. The van der Waals surface area contributed by atoms with Crippen molar-refractivity contribution in [2.45, 2.75) is 103 Å². The van der Waals surface area contributed by atoms with E-state index in [0.29, 0.717) is 12.8 Å². The van der Waals surface area contributed by atoms with Crippen molar-refractivity contribution in [1.82, 2.24) is 0 Å². The summed E-state index contributed by atoms with van der Waals surface area (Å²) in [6, 6.07) is 0. The molecule has 0 spiro atoms. The lowest BCUT2D eigenvalue weighted by molar-refractivity contribution is -0.874. The molecule has 34 heavy (non-hydrogen) atoms. The number of unbranched alkanes of at least 4 members (excludes halogenated alkanes) is 8. The summed E-state index contributed by atoms with van der Waals surface area (Å²) < 4.78 is 23.2. The van der Waals surface area contributed by atoms with Gasteiger partial charge >= 0.3 is 7.82 Å². The van der Waals surface area contributed by atoms with E-state index in [1.807, 2.05) is 0 Å². The first-order valence-corrected chi connectivity index (χ1v) is 14.2. The van der Waals surface area contributed by atoms with Gasteiger partial charge in [0.05, 0.1) is 34.4 Å². The third-order valence-electron chi connectivity index (χ3n) is 5.52. The van der Waals surface area contributed by atoms with Crippen LogP contribution in [0, 0.1) is 0 Å².